The van der Waals surface area contributed by atoms with E-state index in [0.29, 0.717) is 29.7 Å². The summed E-state index contributed by atoms with van der Waals surface area (Å²) in [7, 11) is 0. The lowest BCUT2D eigenvalue weighted by Crippen LogP contribution is -2.15. The standard InChI is InChI=1S/C13H15FN4O/c1-8-10(14)3-2-4-11(8)16-13-18-17-12(19-13)7-15-9-5-6-9/h2-4,9,15H,5-7H2,1H3,(H,16,18). The molecule has 1 saturated carbocycles. The molecule has 0 amide bonds. The van der Waals surface area contributed by atoms with Gasteiger partial charge in [-0.05, 0) is 31.9 Å². The Labute approximate surface area is 110 Å². The smallest absolute Gasteiger partial charge is 0.320 e. The number of rotatable bonds is 5. The molecule has 0 radical (unpaired) electrons. The van der Waals surface area contributed by atoms with Crippen LogP contribution in [0.25, 0.3) is 0 Å². The molecule has 0 saturated heterocycles. The number of nitrogens with one attached hydrogen (secondary N) is 2. The molecule has 0 atom stereocenters. The highest BCUT2D eigenvalue weighted by molar-refractivity contribution is 5.57. The van der Waals surface area contributed by atoms with Gasteiger partial charge in [-0.2, -0.15) is 0 Å². The fourth-order valence-corrected chi connectivity index (χ4v) is 1.75. The molecular formula is C13H15FN4O. The number of hydrogen-bond donors (Lipinski definition) is 2. The summed E-state index contributed by atoms with van der Waals surface area (Å²) in [6, 6.07) is 5.69. The number of benzene rings is 1. The third-order valence-corrected chi connectivity index (χ3v) is 3.10. The van der Waals surface area contributed by atoms with Gasteiger partial charge in [0.15, 0.2) is 0 Å². The van der Waals surface area contributed by atoms with E-state index in [0.717, 1.165) is 0 Å². The highest BCUT2D eigenvalue weighted by atomic mass is 19.1. The van der Waals surface area contributed by atoms with Crippen LogP contribution >= 0.6 is 0 Å². The maximum Gasteiger partial charge on any atom is 0.320 e. The Hall–Kier alpha value is -1.95. The molecule has 1 aliphatic rings. The molecule has 2 aromatic rings. The van der Waals surface area contributed by atoms with Crippen molar-refractivity contribution in [3.63, 3.8) is 0 Å². The largest absolute Gasteiger partial charge is 0.406 e. The van der Waals surface area contributed by atoms with Crippen LogP contribution in [-0.4, -0.2) is 16.2 Å². The number of hydrogen-bond acceptors (Lipinski definition) is 5. The van der Waals surface area contributed by atoms with E-state index in [1.807, 2.05) is 0 Å². The van der Waals surface area contributed by atoms with E-state index in [9.17, 15) is 4.39 Å². The first-order chi connectivity index (χ1) is 9.22. The summed E-state index contributed by atoms with van der Waals surface area (Å²) in [5.41, 5.74) is 1.16. The topological polar surface area (TPSA) is 63.0 Å². The molecule has 0 aliphatic heterocycles. The predicted octanol–water partition coefficient (Wildman–Crippen LogP) is 2.51. The molecule has 6 heteroatoms. The van der Waals surface area contributed by atoms with E-state index in [-0.39, 0.29) is 11.8 Å². The van der Waals surface area contributed by atoms with Gasteiger partial charge in [0.25, 0.3) is 0 Å². The average molecular weight is 262 g/mol. The summed E-state index contributed by atoms with van der Waals surface area (Å²) in [6.07, 6.45) is 2.42. The summed E-state index contributed by atoms with van der Waals surface area (Å²) < 4.78 is 18.8. The maximum atomic E-state index is 13.4. The number of anilines is 2. The zero-order chi connectivity index (χ0) is 13.2. The average Bonchev–Trinajstić information content (AvgIpc) is 3.13. The van der Waals surface area contributed by atoms with Gasteiger partial charge in [-0.1, -0.05) is 11.2 Å². The second-order valence-electron chi connectivity index (χ2n) is 4.69. The van der Waals surface area contributed by atoms with Gasteiger partial charge in [0.2, 0.25) is 5.89 Å². The number of aromatic nitrogens is 2. The molecule has 19 heavy (non-hydrogen) atoms. The van der Waals surface area contributed by atoms with E-state index in [1.165, 1.54) is 18.9 Å². The van der Waals surface area contributed by atoms with Crippen LogP contribution < -0.4 is 10.6 Å². The molecule has 0 bridgehead atoms. The zero-order valence-electron chi connectivity index (χ0n) is 10.6. The van der Waals surface area contributed by atoms with Crippen molar-refractivity contribution < 1.29 is 8.81 Å². The van der Waals surface area contributed by atoms with Crippen molar-refractivity contribution in [3.05, 3.63) is 35.5 Å². The fourth-order valence-electron chi connectivity index (χ4n) is 1.75. The van der Waals surface area contributed by atoms with Crippen LogP contribution in [0.5, 0.6) is 0 Å². The summed E-state index contributed by atoms with van der Waals surface area (Å²) in [4.78, 5) is 0. The Kier molecular flexibility index (Phi) is 3.16. The minimum absolute atomic E-state index is 0.264. The van der Waals surface area contributed by atoms with Crippen LogP contribution in [0.3, 0.4) is 0 Å². The lowest BCUT2D eigenvalue weighted by atomic mass is 10.2. The SMILES string of the molecule is Cc1c(F)cccc1Nc1nnc(CNC2CC2)o1. The Balaban J connectivity index is 1.67. The minimum atomic E-state index is -0.264. The first-order valence-corrected chi connectivity index (χ1v) is 6.30. The third kappa shape index (κ3) is 2.90. The van der Waals surface area contributed by atoms with Gasteiger partial charge in [-0.25, -0.2) is 4.39 Å². The second-order valence-corrected chi connectivity index (χ2v) is 4.69. The van der Waals surface area contributed by atoms with Crippen molar-refractivity contribution in [1.82, 2.24) is 15.5 Å². The molecule has 1 heterocycles. The summed E-state index contributed by atoms with van der Waals surface area (Å²) in [5.74, 6) is 0.267. The van der Waals surface area contributed by atoms with Gasteiger partial charge in [0, 0.05) is 17.3 Å². The van der Waals surface area contributed by atoms with Gasteiger partial charge >= 0.3 is 6.01 Å². The predicted molar refractivity (Wildman–Crippen MR) is 68.6 cm³/mol. The van der Waals surface area contributed by atoms with Crippen LogP contribution in [0.4, 0.5) is 16.1 Å². The van der Waals surface area contributed by atoms with E-state index in [1.54, 1.807) is 19.1 Å². The molecule has 100 valence electrons. The Morgan fingerprint density at radius 3 is 3.00 bits per heavy atom. The first-order valence-electron chi connectivity index (χ1n) is 6.30. The number of nitrogens with zero attached hydrogens (tertiary/aromatic N) is 2. The molecule has 1 aliphatic carbocycles. The second kappa shape index (κ2) is 4.97. The van der Waals surface area contributed by atoms with Crippen LogP contribution in [0.15, 0.2) is 22.6 Å². The van der Waals surface area contributed by atoms with Crippen molar-refractivity contribution >= 4 is 11.7 Å². The van der Waals surface area contributed by atoms with Crippen LogP contribution in [0, 0.1) is 12.7 Å². The van der Waals surface area contributed by atoms with Crippen LogP contribution in [-0.2, 0) is 6.54 Å². The zero-order valence-corrected chi connectivity index (χ0v) is 10.6. The molecule has 1 aromatic carbocycles. The molecule has 1 fully saturated rings. The fraction of sp³-hybridized carbons (Fsp3) is 0.385. The van der Waals surface area contributed by atoms with E-state index in [2.05, 4.69) is 20.8 Å². The highest BCUT2D eigenvalue weighted by Gasteiger charge is 2.21. The molecule has 5 nitrogen and oxygen atoms in total. The molecule has 1 aromatic heterocycles. The van der Waals surface area contributed by atoms with Gasteiger partial charge < -0.3 is 15.1 Å². The Morgan fingerprint density at radius 2 is 2.21 bits per heavy atom. The molecule has 2 N–H and O–H groups in total. The number of halogens is 1. The third-order valence-electron chi connectivity index (χ3n) is 3.10. The van der Waals surface area contributed by atoms with Gasteiger partial charge in [-0.3, -0.25) is 0 Å². The van der Waals surface area contributed by atoms with Gasteiger partial charge in [0.1, 0.15) is 5.82 Å². The van der Waals surface area contributed by atoms with E-state index >= 15 is 0 Å². The molecular weight excluding hydrogens is 247 g/mol. The van der Waals surface area contributed by atoms with Gasteiger partial charge in [0.05, 0.1) is 6.54 Å². The van der Waals surface area contributed by atoms with Crippen LogP contribution in [0.1, 0.15) is 24.3 Å². The van der Waals surface area contributed by atoms with E-state index in [4.69, 9.17) is 4.42 Å². The van der Waals surface area contributed by atoms with Crippen molar-refractivity contribution in [1.29, 1.82) is 0 Å². The van der Waals surface area contributed by atoms with Crippen molar-refractivity contribution in [2.75, 3.05) is 5.32 Å². The van der Waals surface area contributed by atoms with Crippen molar-refractivity contribution in [3.8, 4) is 0 Å². The summed E-state index contributed by atoms with van der Waals surface area (Å²) >= 11 is 0. The summed E-state index contributed by atoms with van der Waals surface area (Å²) in [6.45, 7) is 2.27. The molecule has 3 rings (SSSR count). The minimum Gasteiger partial charge on any atom is -0.406 e. The van der Waals surface area contributed by atoms with Crippen LogP contribution in [0.2, 0.25) is 0 Å². The maximum absolute atomic E-state index is 13.4. The lowest BCUT2D eigenvalue weighted by Gasteiger charge is -2.05. The van der Waals surface area contributed by atoms with Crippen molar-refractivity contribution in [2.24, 2.45) is 0 Å². The Bertz CT molecular complexity index is 580. The first kappa shape index (κ1) is 12.1. The quantitative estimate of drug-likeness (QED) is 0.867. The monoisotopic (exact) mass is 262 g/mol. The van der Waals surface area contributed by atoms with E-state index < -0.39 is 0 Å². The molecule has 0 unspecified atom stereocenters. The normalized spacial score (nSPS) is 14.6. The Morgan fingerprint density at radius 1 is 1.37 bits per heavy atom. The highest BCUT2D eigenvalue weighted by Crippen LogP contribution is 2.22. The molecule has 0 spiro atoms. The van der Waals surface area contributed by atoms with Gasteiger partial charge in [-0.15, -0.1) is 5.10 Å². The summed E-state index contributed by atoms with van der Waals surface area (Å²) in [5, 5.41) is 14.0. The van der Waals surface area contributed by atoms with Crippen molar-refractivity contribution in [2.45, 2.75) is 32.4 Å². The lowest BCUT2D eigenvalue weighted by molar-refractivity contribution is 0.478.